The van der Waals surface area contributed by atoms with Crippen molar-refractivity contribution in [3.8, 4) is 10.6 Å². The summed E-state index contributed by atoms with van der Waals surface area (Å²) < 4.78 is 7.02. The van der Waals surface area contributed by atoms with E-state index >= 15 is 0 Å². The Bertz CT molecular complexity index is 893. The number of furan rings is 1. The van der Waals surface area contributed by atoms with Crippen LogP contribution in [0.2, 0.25) is 0 Å². The molecule has 0 aliphatic carbocycles. The summed E-state index contributed by atoms with van der Waals surface area (Å²) in [6, 6.07) is 14.3. The highest BCUT2D eigenvalue weighted by Gasteiger charge is 2.13. The third-order valence-corrected chi connectivity index (χ3v) is 4.62. The van der Waals surface area contributed by atoms with Gasteiger partial charge in [0.05, 0.1) is 15.5 Å². The van der Waals surface area contributed by atoms with Gasteiger partial charge in [0.2, 0.25) is 0 Å². The van der Waals surface area contributed by atoms with Gasteiger partial charge in [0.15, 0.2) is 0 Å². The second kappa shape index (κ2) is 4.18. The molecule has 0 saturated heterocycles. The Morgan fingerprint density at radius 1 is 1.00 bits per heavy atom. The molecule has 0 spiro atoms. The van der Waals surface area contributed by atoms with Crippen LogP contribution in [0.15, 0.2) is 56.9 Å². The minimum atomic E-state index is 0.908. The van der Waals surface area contributed by atoms with E-state index in [2.05, 4.69) is 45.2 Å². The maximum absolute atomic E-state index is 6.00. The zero-order chi connectivity index (χ0) is 12.8. The summed E-state index contributed by atoms with van der Waals surface area (Å²) in [5.41, 5.74) is 2.87. The fraction of sp³-hybridized carbons (Fsp3) is 0. The quantitative estimate of drug-likeness (QED) is 0.462. The van der Waals surface area contributed by atoms with Gasteiger partial charge in [-0.05, 0) is 28.1 Å². The fourth-order valence-electron chi connectivity index (χ4n) is 2.29. The zero-order valence-electron chi connectivity index (χ0n) is 9.76. The molecule has 0 saturated carbocycles. The van der Waals surface area contributed by atoms with Crippen molar-refractivity contribution < 1.29 is 4.42 Å². The minimum Gasteiger partial charge on any atom is -0.455 e. The lowest BCUT2D eigenvalue weighted by atomic mass is 10.1. The summed E-state index contributed by atoms with van der Waals surface area (Å²) in [4.78, 5) is 4.42. The summed E-state index contributed by atoms with van der Waals surface area (Å²) in [7, 11) is 0. The van der Waals surface area contributed by atoms with Gasteiger partial charge in [-0.2, -0.15) is 0 Å². The number of benzene rings is 2. The Hall–Kier alpha value is -1.65. The molecule has 0 amide bonds. The number of nitrogens with zero attached hydrogens (tertiary/aromatic N) is 1. The van der Waals surface area contributed by atoms with Crippen LogP contribution in [-0.2, 0) is 0 Å². The number of thiazole rings is 1. The maximum Gasteiger partial charge on any atom is 0.145 e. The molecule has 0 unspecified atom stereocenters. The van der Waals surface area contributed by atoms with Crippen molar-refractivity contribution in [3.63, 3.8) is 0 Å². The standard InChI is InChI=1S/C15H8BrNOS/c16-13-8-17-15(19-13)11-6-3-5-10-9-4-1-2-7-12(9)18-14(10)11/h1-8H. The Morgan fingerprint density at radius 3 is 2.68 bits per heavy atom. The second-order valence-corrected chi connectivity index (χ2v) is 6.66. The van der Waals surface area contributed by atoms with E-state index in [1.807, 2.05) is 24.4 Å². The number of hydrogen-bond donors (Lipinski definition) is 0. The normalized spacial score (nSPS) is 11.4. The second-order valence-electron chi connectivity index (χ2n) is 4.25. The lowest BCUT2D eigenvalue weighted by molar-refractivity contribution is 0.670. The monoisotopic (exact) mass is 329 g/mol. The van der Waals surface area contributed by atoms with Gasteiger partial charge in [0.25, 0.3) is 0 Å². The highest BCUT2D eigenvalue weighted by molar-refractivity contribution is 9.11. The zero-order valence-corrected chi connectivity index (χ0v) is 12.2. The van der Waals surface area contributed by atoms with Gasteiger partial charge in [-0.25, -0.2) is 4.98 Å². The molecule has 0 fully saturated rings. The Labute approximate surface area is 121 Å². The Kier molecular flexibility index (Phi) is 2.47. The molecule has 4 aromatic rings. The first-order valence-electron chi connectivity index (χ1n) is 5.85. The topological polar surface area (TPSA) is 26.0 Å². The molecule has 0 aliphatic rings. The van der Waals surface area contributed by atoms with Crippen molar-refractivity contribution in [2.45, 2.75) is 0 Å². The Balaban J connectivity index is 2.12. The average molecular weight is 330 g/mol. The van der Waals surface area contributed by atoms with E-state index in [1.165, 1.54) is 0 Å². The first kappa shape index (κ1) is 11.2. The van der Waals surface area contributed by atoms with Crippen molar-refractivity contribution in [1.29, 1.82) is 0 Å². The van der Waals surface area contributed by atoms with Crippen LogP contribution < -0.4 is 0 Å². The lowest BCUT2D eigenvalue weighted by Crippen LogP contribution is -1.75. The number of hydrogen-bond acceptors (Lipinski definition) is 3. The highest BCUT2D eigenvalue weighted by Crippen LogP contribution is 2.37. The molecule has 0 radical (unpaired) electrons. The number of fused-ring (bicyclic) bond motifs is 3. The molecule has 4 heteroatoms. The lowest BCUT2D eigenvalue weighted by Gasteiger charge is -1.96. The van der Waals surface area contributed by atoms with Crippen LogP contribution in [0.25, 0.3) is 32.5 Å². The minimum absolute atomic E-state index is 0.908. The van der Waals surface area contributed by atoms with Crippen molar-refractivity contribution in [2.75, 3.05) is 0 Å². The average Bonchev–Trinajstić information content (AvgIpc) is 3.02. The number of rotatable bonds is 1. The summed E-state index contributed by atoms with van der Waals surface area (Å²) >= 11 is 5.06. The summed E-state index contributed by atoms with van der Waals surface area (Å²) in [5, 5.41) is 3.26. The van der Waals surface area contributed by atoms with Gasteiger partial charge in [0, 0.05) is 10.8 Å². The van der Waals surface area contributed by atoms with E-state index in [0.29, 0.717) is 0 Å². The van der Waals surface area contributed by atoms with Crippen molar-refractivity contribution >= 4 is 49.2 Å². The van der Waals surface area contributed by atoms with Gasteiger partial charge in [-0.15, -0.1) is 11.3 Å². The smallest absolute Gasteiger partial charge is 0.145 e. The largest absolute Gasteiger partial charge is 0.455 e. The molecular weight excluding hydrogens is 322 g/mol. The van der Waals surface area contributed by atoms with Crippen molar-refractivity contribution in [2.24, 2.45) is 0 Å². The van der Waals surface area contributed by atoms with Gasteiger partial charge in [-0.3, -0.25) is 0 Å². The van der Waals surface area contributed by atoms with E-state index in [1.54, 1.807) is 11.3 Å². The molecule has 0 atom stereocenters. The van der Waals surface area contributed by atoms with Crippen LogP contribution in [-0.4, -0.2) is 4.98 Å². The molecule has 4 rings (SSSR count). The van der Waals surface area contributed by atoms with Crippen LogP contribution in [0.3, 0.4) is 0 Å². The van der Waals surface area contributed by atoms with Crippen molar-refractivity contribution in [3.05, 3.63) is 52.4 Å². The molecule has 2 aromatic carbocycles. The Morgan fingerprint density at radius 2 is 1.84 bits per heavy atom. The first-order valence-corrected chi connectivity index (χ1v) is 7.46. The predicted molar refractivity (Wildman–Crippen MR) is 82.5 cm³/mol. The molecule has 0 aliphatic heterocycles. The maximum atomic E-state index is 6.00. The van der Waals surface area contributed by atoms with E-state index in [4.69, 9.17) is 4.42 Å². The van der Waals surface area contributed by atoms with Crippen LogP contribution in [0, 0.1) is 0 Å². The molecule has 92 valence electrons. The number of para-hydroxylation sites is 2. The van der Waals surface area contributed by atoms with Crippen LogP contribution >= 0.6 is 27.3 Å². The fourth-order valence-corrected chi connectivity index (χ4v) is 3.52. The third-order valence-electron chi connectivity index (χ3n) is 3.11. The molecule has 2 heterocycles. The highest BCUT2D eigenvalue weighted by atomic mass is 79.9. The molecule has 19 heavy (non-hydrogen) atoms. The van der Waals surface area contributed by atoms with Crippen molar-refractivity contribution in [1.82, 2.24) is 4.98 Å². The van der Waals surface area contributed by atoms with Gasteiger partial charge in [-0.1, -0.05) is 30.3 Å². The van der Waals surface area contributed by atoms with Gasteiger partial charge >= 0.3 is 0 Å². The summed E-state index contributed by atoms with van der Waals surface area (Å²) in [5.74, 6) is 0. The van der Waals surface area contributed by atoms with E-state index in [9.17, 15) is 0 Å². The molecule has 0 bridgehead atoms. The molecule has 0 N–H and O–H groups in total. The van der Waals surface area contributed by atoms with Gasteiger partial charge < -0.3 is 4.42 Å². The van der Waals surface area contributed by atoms with Crippen LogP contribution in [0.4, 0.5) is 0 Å². The third kappa shape index (κ3) is 1.71. The molecular formula is C15H8BrNOS. The van der Waals surface area contributed by atoms with Gasteiger partial charge in [0.1, 0.15) is 16.2 Å². The number of aromatic nitrogens is 1. The van der Waals surface area contributed by atoms with E-state index < -0.39 is 0 Å². The first-order chi connectivity index (χ1) is 9.33. The van der Waals surface area contributed by atoms with Crippen LogP contribution in [0.5, 0.6) is 0 Å². The SMILES string of the molecule is Brc1cnc(-c2cccc3c2oc2ccccc23)s1. The number of halogens is 1. The van der Waals surface area contributed by atoms with E-state index in [-0.39, 0.29) is 0 Å². The summed E-state index contributed by atoms with van der Waals surface area (Å²) in [6.07, 6.45) is 1.82. The summed E-state index contributed by atoms with van der Waals surface area (Å²) in [6.45, 7) is 0. The van der Waals surface area contributed by atoms with Crippen LogP contribution in [0.1, 0.15) is 0 Å². The molecule has 2 nitrogen and oxygen atoms in total. The predicted octanol–water partition coefficient (Wildman–Crippen LogP) is 5.47. The van der Waals surface area contributed by atoms with E-state index in [0.717, 1.165) is 36.3 Å². The molecule has 2 aromatic heterocycles.